The Hall–Kier alpha value is -1.89. The molecule has 0 amide bonds. The van der Waals surface area contributed by atoms with E-state index in [2.05, 4.69) is 25.1 Å². The highest BCUT2D eigenvalue weighted by Crippen LogP contribution is 2.22. The maximum Gasteiger partial charge on any atom is 0.310 e. The van der Waals surface area contributed by atoms with Crippen molar-refractivity contribution in [2.75, 3.05) is 57.1 Å². The number of nitrogens with one attached hydrogen (secondary N) is 1. The van der Waals surface area contributed by atoms with E-state index in [-0.39, 0.29) is 11.9 Å². The number of nitrogens with zero attached hydrogens (tertiary/aromatic N) is 4. The third-order valence-electron chi connectivity index (χ3n) is 3.83. The summed E-state index contributed by atoms with van der Waals surface area (Å²) in [6, 6.07) is 1.87. The molecule has 1 fully saturated rings. The molecule has 1 unspecified atom stereocenters. The van der Waals surface area contributed by atoms with Crippen LogP contribution in [0.25, 0.3) is 0 Å². The van der Waals surface area contributed by atoms with Crippen molar-refractivity contribution in [2.45, 2.75) is 19.8 Å². The minimum atomic E-state index is -0.113. The molecule has 1 N–H and O–H groups in total. The predicted molar refractivity (Wildman–Crippen MR) is 90.6 cm³/mol. The van der Waals surface area contributed by atoms with Crippen LogP contribution in [-0.4, -0.2) is 67.7 Å². The molecule has 0 saturated carbocycles. The second kappa shape index (κ2) is 8.67. The number of anilines is 2. The molecule has 0 spiro atoms. The molecule has 2 rings (SSSR count). The molecule has 1 saturated heterocycles. The molecule has 1 aliphatic heterocycles. The lowest BCUT2D eigenvalue weighted by molar-refractivity contribution is -0.148. The van der Waals surface area contributed by atoms with Gasteiger partial charge in [0, 0.05) is 32.4 Å². The molecule has 0 aromatic carbocycles. The number of hydrogen-bond donors (Lipinski definition) is 1. The van der Waals surface area contributed by atoms with Crippen LogP contribution >= 0.6 is 0 Å². The number of aromatic nitrogens is 2. The van der Waals surface area contributed by atoms with Gasteiger partial charge in [0.2, 0.25) is 5.95 Å². The summed E-state index contributed by atoms with van der Waals surface area (Å²) in [5, 5.41) is 3.30. The van der Waals surface area contributed by atoms with Crippen LogP contribution in [0.5, 0.6) is 0 Å². The first-order chi connectivity index (χ1) is 11.1. The molecule has 1 aliphatic rings. The fourth-order valence-corrected chi connectivity index (χ4v) is 2.62. The van der Waals surface area contributed by atoms with E-state index in [1.165, 1.54) is 0 Å². The Kier molecular flexibility index (Phi) is 6.58. The van der Waals surface area contributed by atoms with E-state index in [4.69, 9.17) is 4.74 Å². The lowest BCUT2D eigenvalue weighted by atomic mass is 9.98. The Morgan fingerprint density at radius 2 is 2.35 bits per heavy atom. The number of carbonyl (C=O) groups excluding carboxylic acids is 1. The third kappa shape index (κ3) is 5.35. The van der Waals surface area contributed by atoms with Crippen LogP contribution in [0, 0.1) is 5.92 Å². The molecule has 128 valence electrons. The first-order valence-electron chi connectivity index (χ1n) is 8.23. The van der Waals surface area contributed by atoms with Crippen LogP contribution in [0.3, 0.4) is 0 Å². The van der Waals surface area contributed by atoms with Crippen LogP contribution < -0.4 is 10.2 Å². The molecule has 1 atom stereocenters. The number of rotatable bonds is 7. The molecule has 0 radical (unpaired) electrons. The molecule has 2 heterocycles. The van der Waals surface area contributed by atoms with Gasteiger partial charge >= 0.3 is 5.97 Å². The van der Waals surface area contributed by atoms with Gasteiger partial charge in [0.05, 0.1) is 12.5 Å². The quantitative estimate of drug-likeness (QED) is 0.757. The highest BCUT2D eigenvalue weighted by atomic mass is 16.5. The van der Waals surface area contributed by atoms with Crippen LogP contribution in [0.15, 0.2) is 12.3 Å². The van der Waals surface area contributed by atoms with Crippen molar-refractivity contribution < 1.29 is 9.53 Å². The molecule has 1 aromatic rings. The Morgan fingerprint density at radius 3 is 3.09 bits per heavy atom. The van der Waals surface area contributed by atoms with E-state index in [0.717, 1.165) is 38.3 Å². The van der Waals surface area contributed by atoms with Crippen molar-refractivity contribution >= 4 is 17.7 Å². The van der Waals surface area contributed by atoms with Gasteiger partial charge in [0.15, 0.2) is 0 Å². The highest BCUT2D eigenvalue weighted by Gasteiger charge is 2.28. The maximum atomic E-state index is 11.9. The van der Waals surface area contributed by atoms with Gasteiger partial charge in [-0.25, -0.2) is 4.98 Å². The van der Waals surface area contributed by atoms with E-state index in [1.807, 2.05) is 27.1 Å². The van der Waals surface area contributed by atoms with Gasteiger partial charge in [-0.05, 0) is 39.9 Å². The lowest BCUT2D eigenvalue weighted by Crippen LogP contribution is -2.40. The first-order valence-corrected chi connectivity index (χ1v) is 8.23. The van der Waals surface area contributed by atoms with Crippen molar-refractivity contribution in [3.05, 3.63) is 12.3 Å². The van der Waals surface area contributed by atoms with Crippen LogP contribution in [0.1, 0.15) is 19.8 Å². The summed E-state index contributed by atoms with van der Waals surface area (Å²) in [6.07, 6.45) is 3.58. The average Bonchev–Trinajstić information content (AvgIpc) is 2.55. The zero-order valence-electron chi connectivity index (χ0n) is 14.3. The zero-order chi connectivity index (χ0) is 16.7. The Bertz CT molecular complexity index is 509. The Labute approximate surface area is 138 Å². The van der Waals surface area contributed by atoms with Gasteiger partial charge in [-0.3, -0.25) is 4.79 Å². The Balaban J connectivity index is 1.96. The normalized spacial score (nSPS) is 18.1. The maximum absolute atomic E-state index is 11.9. The summed E-state index contributed by atoms with van der Waals surface area (Å²) in [4.78, 5) is 25.1. The molecule has 0 bridgehead atoms. The molecule has 7 nitrogen and oxygen atoms in total. The summed E-state index contributed by atoms with van der Waals surface area (Å²) in [5.41, 5.74) is 0. The SMILES string of the molecule is CCOC(=O)C1CCCN(c2nccc(NCCN(C)C)n2)C1. The topological polar surface area (TPSA) is 70.6 Å². The third-order valence-corrected chi connectivity index (χ3v) is 3.83. The number of ether oxygens (including phenoxy) is 1. The molecule has 23 heavy (non-hydrogen) atoms. The summed E-state index contributed by atoms with van der Waals surface area (Å²) >= 11 is 0. The van der Waals surface area contributed by atoms with E-state index in [0.29, 0.717) is 19.1 Å². The van der Waals surface area contributed by atoms with Crippen LogP contribution in [0.4, 0.5) is 11.8 Å². The summed E-state index contributed by atoms with van der Waals surface area (Å²) in [7, 11) is 4.08. The fourth-order valence-electron chi connectivity index (χ4n) is 2.62. The second-order valence-corrected chi connectivity index (χ2v) is 6.01. The number of hydrogen-bond acceptors (Lipinski definition) is 7. The van der Waals surface area contributed by atoms with Crippen molar-refractivity contribution in [3.8, 4) is 0 Å². The van der Waals surface area contributed by atoms with Gasteiger partial charge < -0.3 is 19.9 Å². The van der Waals surface area contributed by atoms with Crippen LogP contribution in [-0.2, 0) is 9.53 Å². The van der Waals surface area contributed by atoms with Gasteiger partial charge in [-0.1, -0.05) is 0 Å². The van der Waals surface area contributed by atoms with E-state index < -0.39 is 0 Å². The van der Waals surface area contributed by atoms with Gasteiger partial charge in [0.1, 0.15) is 5.82 Å². The second-order valence-electron chi connectivity index (χ2n) is 6.01. The molecule has 1 aromatic heterocycles. The molecule has 0 aliphatic carbocycles. The van der Waals surface area contributed by atoms with Gasteiger partial charge in [-0.15, -0.1) is 0 Å². The average molecular weight is 321 g/mol. The van der Waals surface area contributed by atoms with Crippen molar-refractivity contribution in [2.24, 2.45) is 5.92 Å². The van der Waals surface area contributed by atoms with Crippen molar-refractivity contribution in [3.63, 3.8) is 0 Å². The number of likely N-dealkylation sites (N-methyl/N-ethyl adjacent to an activating group) is 1. The van der Waals surface area contributed by atoms with Crippen LogP contribution in [0.2, 0.25) is 0 Å². The summed E-state index contributed by atoms with van der Waals surface area (Å²) in [5.74, 6) is 1.29. The minimum absolute atomic E-state index is 0.0855. The largest absolute Gasteiger partial charge is 0.466 e. The van der Waals surface area contributed by atoms with E-state index >= 15 is 0 Å². The summed E-state index contributed by atoms with van der Waals surface area (Å²) < 4.78 is 5.14. The van der Waals surface area contributed by atoms with Gasteiger partial charge in [-0.2, -0.15) is 4.98 Å². The van der Waals surface area contributed by atoms with Crippen molar-refractivity contribution in [1.82, 2.24) is 14.9 Å². The molecular formula is C16H27N5O2. The molecule has 7 heteroatoms. The fraction of sp³-hybridized carbons (Fsp3) is 0.688. The number of piperidine rings is 1. The van der Waals surface area contributed by atoms with Crippen molar-refractivity contribution in [1.29, 1.82) is 0 Å². The van der Waals surface area contributed by atoms with E-state index in [9.17, 15) is 4.79 Å². The zero-order valence-corrected chi connectivity index (χ0v) is 14.3. The Morgan fingerprint density at radius 1 is 1.52 bits per heavy atom. The lowest BCUT2D eigenvalue weighted by Gasteiger charge is -2.31. The predicted octanol–water partition coefficient (Wildman–Crippen LogP) is 1.23. The number of carbonyl (C=O) groups is 1. The first kappa shape index (κ1) is 17.5. The minimum Gasteiger partial charge on any atom is -0.466 e. The summed E-state index contributed by atoms with van der Waals surface area (Å²) in [6.45, 7) is 5.53. The standard InChI is InChI=1S/C16H27N5O2/c1-4-23-15(22)13-6-5-10-21(12-13)16-18-8-7-14(19-16)17-9-11-20(2)3/h7-8,13H,4-6,9-12H2,1-3H3,(H,17,18,19). The highest BCUT2D eigenvalue weighted by molar-refractivity contribution is 5.73. The monoisotopic (exact) mass is 321 g/mol. The van der Waals surface area contributed by atoms with E-state index in [1.54, 1.807) is 6.20 Å². The van der Waals surface area contributed by atoms with Gasteiger partial charge in [0.25, 0.3) is 0 Å². The number of esters is 1. The smallest absolute Gasteiger partial charge is 0.310 e. The molecular weight excluding hydrogens is 294 g/mol.